The first-order chi connectivity index (χ1) is 11.7. The van der Waals surface area contributed by atoms with Crippen molar-refractivity contribution in [2.24, 2.45) is 5.16 Å². The Morgan fingerprint density at radius 2 is 1.71 bits per heavy atom. The lowest BCUT2D eigenvalue weighted by molar-refractivity contribution is 0.166. The third kappa shape index (κ3) is 4.22. The lowest BCUT2D eigenvalue weighted by Crippen LogP contribution is -2.11. The summed E-state index contributed by atoms with van der Waals surface area (Å²) in [6, 6.07) is 17.6. The molecule has 1 aliphatic rings. The fraction of sp³-hybridized carbons (Fsp3) is 0.300. The first kappa shape index (κ1) is 16.2. The second-order valence-electron chi connectivity index (χ2n) is 6.15. The van der Waals surface area contributed by atoms with E-state index < -0.39 is 6.09 Å². The van der Waals surface area contributed by atoms with Gasteiger partial charge in [-0.15, -0.1) is 0 Å². The van der Waals surface area contributed by atoms with Crippen LogP contribution in [0.15, 0.2) is 59.8 Å². The van der Waals surface area contributed by atoms with E-state index in [0.717, 1.165) is 5.56 Å². The summed E-state index contributed by atoms with van der Waals surface area (Å²) in [6.45, 7) is 1.83. The maximum atomic E-state index is 11.7. The lowest BCUT2D eigenvalue weighted by Gasteiger charge is -2.10. The van der Waals surface area contributed by atoms with Crippen molar-refractivity contribution in [2.45, 2.75) is 38.5 Å². The van der Waals surface area contributed by atoms with Crippen LogP contribution in [0.4, 0.5) is 10.5 Å². The Morgan fingerprint density at radius 3 is 2.38 bits per heavy atom. The molecule has 0 heterocycles. The Kier molecular flexibility index (Phi) is 5.26. The van der Waals surface area contributed by atoms with Gasteiger partial charge in [-0.3, -0.25) is 10.2 Å². The minimum Gasteiger partial charge on any atom is -0.298 e. The Balaban J connectivity index is 1.57. The second kappa shape index (κ2) is 7.77. The fourth-order valence-corrected chi connectivity index (χ4v) is 3.08. The van der Waals surface area contributed by atoms with Crippen LogP contribution in [-0.4, -0.2) is 11.8 Å². The van der Waals surface area contributed by atoms with Crippen molar-refractivity contribution in [3.63, 3.8) is 0 Å². The number of nitrogens with one attached hydrogen (secondary N) is 1. The molecule has 0 bridgehead atoms. The highest BCUT2D eigenvalue weighted by Gasteiger charge is 2.16. The number of nitrogens with zero attached hydrogens (tertiary/aromatic N) is 1. The van der Waals surface area contributed by atoms with Gasteiger partial charge in [0, 0.05) is 5.69 Å². The summed E-state index contributed by atoms with van der Waals surface area (Å²) in [6.07, 6.45) is 4.64. The second-order valence-corrected chi connectivity index (χ2v) is 6.15. The quantitative estimate of drug-likeness (QED) is 0.471. The Labute approximate surface area is 142 Å². The number of hydrogen-bond donors (Lipinski definition) is 1. The molecule has 0 aromatic heterocycles. The summed E-state index contributed by atoms with van der Waals surface area (Å²) < 4.78 is 0. The zero-order valence-electron chi connectivity index (χ0n) is 13.9. The summed E-state index contributed by atoms with van der Waals surface area (Å²) in [4.78, 5) is 16.7. The van der Waals surface area contributed by atoms with Crippen LogP contribution in [0.2, 0.25) is 0 Å². The summed E-state index contributed by atoms with van der Waals surface area (Å²) >= 11 is 0. The van der Waals surface area contributed by atoms with Gasteiger partial charge < -0.3 is 0 Å². The maximum Gasteiger partial charge on any atom is 0.437 e. The van der Waals surface area contributed by atoms with Crippen LogP contribution >= 0.6 is 0 Å². The molecule has 1 aliphatic carbocycles. The van der Waals surface area contributed by atoms with E-state index in [-0.39, 0.29) is 0 Å². The topological polar surface area (TPSA) is 50.7 Å². The summed E-state index contributed by atoms with van der Waals surface area (Å²) in [5.74, 6) is 0.698. The molecule has 1 saturated carbocycles. The van der Waals surface area contributed by atoms with Gasteiger partial charge in [0.05, 0.1) is 5.71 Å². The van der Waals surface area contributed by atoms with E-state index in [1.165, 1.54) is 31.2 Å². The number of amides is 1. The molecular formula is C20H22N2O2. The number of carbonyl (C=O) groups excluding carboxylic acids is 1. The van der Waals surface area contributed by atoms with Crippen LogP contribution in [0.25, 0.3) is 0 Å². The minimum absolute atomic E-state index is 0.594. The average molecular weight is 322 g/mol. The number of para-hydroxylation sites is 1. The molecule has 4 heteroatoms. The zero-order valence-corrected chi connectivity index (χ0v) is 13.9. The van der Waals surface area contributed by atoms with Crippen molar-refractivity contribution < 1.29 is 9.63 Å². The molecule has 1 amide bonds. The molecule has 0 unspecified atom stereocenters. The van der Waals surface area contributed by atoms with E-state index in [1.54, 1.807) is 12.1 Å². The molecule has 24 heavy (non-hydrogen) atoms. The van der Waals surface area contributed by atoms with Gasteiger partial charge in [-0.25, -0.2) is 4.79 Å². The van der Waals surface area contributed by atoms with Gasteiger partial charge in [0.1, 0.15) is 0 Å². The molecule has 1 N–H and O–H groups in total. The number of anilines is 1. The van der Waals surface area contributed by atoms with Crippen molar-refractivity contribution in [1.29, 1.82) is 0 Å². The summed E-state index contributed by atoms with van der Waals surface area (Å²) in [5.41, 5.74) is 3.71. The van der Waals surface area contributed by atoms with Crippen molar-refractivity contribution in [2.75, 3.05) is 5.32 Å². The van der Waals surface area contributed by atoms with Gasteiger partial charge in [-0.05, 0) is 48.9 Å². The Morgan fingerprint density at radius 1 is 1.04 bits per heavy atom. The smallest absolute Gasteiger partial charge is 0.298 e. The van der Waals surface area contributed by atoms with Gasteiger partial charge in [0.25, 0.3) is 0 Å². The first-order valence-corrected chi connectivity index (χ1v) is 8.40. The van der Waals surface area contributed by atoms with Crippen LogP contribution in [0.1, 0.15) is 49.7 Å². The molecule has 4 nitrogen and oxygen atoms in total. The summed E-state index contributed by atoms with van der Waals surface area (Å²) in [7, 11) is 0. The molecule has 0 saturated heterocycles. The highest BCUT2D eigenvalue weighted by molar-refractivity contribution is 5.99. The van der Waals surface area contributed by atoms with Crippen LogP contribution in [0.3, 0.4) is 0 Å². The van der Waals surface area contributed by atoms with E-state index in [2.05, 4.69) is 22.6 Å². The SMILES string of the molecule is C/C(=N/OC(=O)Nc1ccccc1)c1ccc(C2CCCC2)cc1. The number of rotatable bonds is 4. The van der Waals surface area contributed by atoms with Crippen molar-refractivity contribution in [3.05, 3.63) is 65.7 Å². The van der Waals surface area contributed by atoms with Crippen molar-refractivity contribution >= 4 is 17.5 Å². The molecular weight excluding hydrogens is 300 g/mol. The fourth-order valence-electron chi connectivity index (χ4n) is 3.08. The Hall–Kier alpha value is -2.62. The number of benzene rings is 2. The molecule has 0 spiro atoms. The first-order valence-electron chi connectivity index (χ1n) is 8.40. The summed E-state index contributed by atoms with van der Waals surface area (Å²) in [5, 5.41) is 6.55. The van der Waals surface area contributed by atoms with E-state index in [4.69, 9.17) is 4.84 Å². The van der Waals surface area contributed by atoms with Crippen LogP contribution in [-0.2, 0) is 4.84 Å². The third-order valence-electron chi connectivity index (χ3n) is 4.44. The van der Waals surface area contributed by atoms with E-state index in [0.29, 0.717) is 17.3 Å². The minimum atomic E-state index is -0.594. The number of carbonyl (C=O) groups is 1. The molecule has 0 aliphatic heterocycles. The molecule has 2 aromatic rings. The maximum absolute atomic E-state index is 11.7. The highest BCUT2D eigenvalue weighted by Crippen LogP contribution is 2.33. The monoisotopic (exact) mass is 322 g/mol. The van der Waals surface area contributed by atoms with Gasteiger partial charge in [0.15, 0.2) is 0 Å². The largest absolute Gasteiger partial charge is 0.437 e. The van der Waals surface area contributed by atoms with Gasteiger partial charge in [-0.1, -0.05) is 60.5 Å². The molecule has 124 valence electrons. The molecule has 0 radical (unpaired) electrons. The van der Waals surface area contributed by atoms with Crippen LogP contribution in [0.5, 0.6) is 0 Å². The van der Waals surface area contributed by atoms with Crippen LogP contribution < -0.4 is 5.32 Å². The number of oxime groups is 1. The number of hydrogen-bond acceptors (Lipinski definition) is 3. The van der Waals surface area contributed by atoms with Crippen molar-refractivity contribution in [3.8, 4) is 0 Å². The van der Waals surface area contributed by atoms with Crippen molar-refractivity contribution in [1.82, 2.24) is 0 Å². The van der Waals surface area contributed by atoms with E-state index in [9.17, 15) is 4.79 Å². The van der Waals surface area contributed by atoms with E-state index in [1.807, 2.05) is 37.3 Å². The molecule has 2 aromatic carbocycles. The van der Waals surface area contributed by atoms with Gasteiger partial charge in [-0.2, -0.15) is 0 Å². The standard InChI is InChI=1S/C20H22N2O2/c1-15(22-24-20(23)21-19-9-3-2-4-10-19)16-11-13-18(14-12-16)17-7-5-6-8-17/h2-4,9-14,17H,5-8H2,1H3,(H,21,23)/b22-15-. The third-order valence-corrected chi connectivity index (χ3v) is 4.44. The predicted molar refractivity (Wildman–Crippen MR) is 96.4 cm³/mol. The molecule has 3 rings (SSSR count). The highest BCUT2D eigenvalue weighted by atomic mass is 16.7. The average Bonchev–Trinajstić information content (AvgIpc) is 3.15. The molecule has 1 fully saturated rings. The Bertz CT molecular complexity index is 702. The normalized spacial score (nSPS) is 15.3. The van der Waals surface area contributed by atoms with E-state index >= 15 is 0 Å². The predicted octanol–water partition coefficient (Wildman–Crippen LogP) is 5.32. The van der Waals surface area contributed by atoms with Gasteiger partial charge >= 0.3 is 6.09 Å². The lowest BCUT2D eigenvalue weighted by atomic mass is 9.96. The zero-order chi connectivity index (χ0) is 16.8. The van der Waals surface area contributed by atoms with Crippen LogP contribution in [0, 0.1) is 0 Å². The van der Waals surface area contributed by atoms with Gasteiger partial charge in [0.2, 0.25) is 0 Å². The molecule has 0 atom stereocenters.